The molecule has 3 nitrogen and oxygen atoms in total. The van der Waals surface area contributed by atoms with Crippen molar-refractivity contribution in [2.75, 3.05) is 20.1 Å². The van der Waals surface area contributed by atoms with Gasteiger partial charge >= 0.3 is 0 Å². The first-order chi connectivity index (χ1) is 6.31. The third-order valence-corrected chi connectivity index (χ3v) is 3.04. The number of nitrogens with one attached hydrogen (secondary N) is 1. The molecule has 1 aliphatic carbocycles. The van der Waals surface area contributed by atoms with Crippen LogP contribution >= 0.6 is 0 Å². The van der Waals surface area contributed by atoms with E-state index in [1.54, 1.807) is 0 Å². The number of nitrogens with zero attached hydrogens (tertiary/aromatic N) is 1. The number of hydrogen-bond acceptors (Lipinski definition) is 2. The van der Waals surface area contributed by atoms with E-state index in [0.29, 0.717) is 17.9 Å². The summed E-state index contributed by atoms with van der Waals surface area (Å²) in [5.74, 6) is 0.960. The highest BCUT2D eigenvalue weighted by molar-refractivity contribution is 5.77. The van der Waals surface area contributed by atoms with E-state index in [4.69, 9.17) is 0 Å². The van der Waals surface area contributed by atoms with E-state index in [9.17, 15) is 4.79 Å². The van der Waals surface area contributed by atoms with Gasteiger partial charge in [-0.2, -0.15) is 0 Å². The van der Waals surface area contributed by atoms with Crippen molar-refractivity contribution in [3.8, 4) is 0 Å². The van der Waals surface area contributed by atoms with Crippen LogP contribution in [0.5, 0.6) is 0 Å². The standard InChI is InChI=1S/C10H18N2O/c1-11-7-8-4-5-12(9-2-3-9)10(13)6-8/h8-9,11H,2-7H2,1H3. The van der Waals surface area contributed by atoms with Crippen molar-refractivity contribution in [1.29, 1.82) is 0 Å². The highest BCUT2D eigenvalue weighted by Gasteiger charge is 2.35. The monoisotopic (exact) mass is 182 g/mol. The molecule has 0 radical (unpaired) electrons. The summed E-state index contributed by atoms with van der Waals surface area (Å²) in [6.45, 7) is 1.99. The highest BCUT2D eigenvalue weighted by atomic mass is 16.2. The molecule has 13 heavy (non-hydrogen) atoms. The van der Waals surface area contributed by atoms with E-state index in [-0.39, 0.29) is 0 Å². The van der Waals surface area contributed by atoms with Crippen molar-refractivity contribution < 1.29 is 4.79 Å². The Bertz CT molecular complexity index is 201. The molecule has 2 fully saturated rings. The third-order valence-electron chi connectivity index (χ3n) is 3.04. The lowest BCUT2D eigenvalue weighted by molar-refractivity contribution is -0.135. The minimum atomic E-state index is 0.383. The Balaban J connectivity index is 1.84. The van der Waals surface area contributed by atoms with Crippen LogP contribution in [0.1, 0.15) is 25.7 Å². The van der Waals surface area contributed by atoms with Crippen molar-refractivity contribution in [1.82, 2.24) is 10.2 Å². The van der Waals surface area contributed by atoms with Crippen molar-refractivity contribution >= 4 is 5.91 Å². The van der Waals surface area contributed by atoms with Crippen LogP contribution in [-0.2, 0) is 4.79 Å². The number of hydrogen-bond donors (Lipinski definition) is 1. The molecule has 0 aromatic heterocycles. The maximum absolute atomic E-state index is 11.7. The van der Waals surface area contributed by atoms with Gasteiger partial charge in [0.05, 0.1) is 0 Å². The van der Waals surface area contributed by atoms with Crippen LogP contribution in [0.3, 0.4) is 0 Å². The maximum atomic E-state index is 11.7. The topological polar surface area (TPSA) is 32.3 Å². The lowest BCUT2D eigenvalue weighted by Gasteiger charge is -2.31. The van der Waals surface area contributed by atoms with Crippen LogP contribution in [0.4, 0.5) is 0 Å². The summed E-state index contributed by atoms with van der Waals surface area (Å²) in [6.07, 6.45) is 4.42. The van der Waals surface area contributed by atoms with E-state index >= 15 is 0 Å². The van der Waals surface area contributed by atoms with Gasteiger partial charge < -0.3 is 10.2 Å². The molecular formula is C10H18N2O. The summed E-state index contributed by atoms with van der Waals surface area (Å²) in [4.78, 5) is 13.7. The fourth-order valence-corrected chi connectivity index (χ4v) is 2.15. The summed E-state index contributed by atoms with van der Waals surface area (Å²) >= 11 is 0. The molecule has 1 heterocycles. The van der Waals surface area contributed by atoms with E-state index in [2.05, 4.69) is 10.2 Å². The van der Waals surface area contributed by atoms with Gasteiger partial charge in [0.1, 0.15) is 0 Å². The predicted octanol–water partition coefficient (Wildman–Crippen LogP) is 0.607. The van der Waals surface area contributed by atoms with Gasteiger partial charge in [-0.25, -0.2) is 0 Å². The van der Waals surface area contributed by atoms with E-state index in [0.717, 1.165) is 19.5 Å². The van der Waals surface area contributed by atoms with Gasteiger partial charge in [0.15, 0.2) is 0 Å². The number of amides is 1. The van der Waals surface area contributed by atoms with Gasteiger partial charge in [-0.1, -0.05) is 0 Å². The third kappa shape index (κ3) is 2.02. The lowest BCUT2D eigenvalue weighted by Crippen LogP contribution is -2.42. The van der Waals surface area contributed by atoms with Crippen LogP contribution < -0.4 is 5.32 Å². The second-order valence-corrected chi connectivity index (χ2v) is 4.23. The molecule has 1 aliphatic heterocycles. The Hall–Kier alpha value is -0.570. The number of likely N-dealkylation sites (tertiary alicyclic amines) is 1. The van der Waals surface area contributed by atoms with Gasteiger partial charge in [-0.05, 0) is 38.8 Å². The Morgan fingerprint density at radius 3 is 2.77 bits per heavy atom. The van der Waals surface area contributed by atoms with Gasteiger partial charge in [0, 0.05) is 19.0 Å². The van der Waals surface area contributed by atoms with E-state index < -0.39 is 0 Å². The lowest BCUT2D eigenvalue weighted by atomic mass is 9.96. The van der Waals surface area contributed by atoms with Crippen LogP contribution in [-0.4, -0.2) is 37.0 Å². The molecule has 2 rings (SSSR count). The fraction of sp³-hybridized carbons (Fsp3) is 0.900. The molecule has 1 N–H and O–H groups in total. The largest absolute Gasteiger partial charge is 0.340 e. The van der Waals surface area contributed by atoms with Gasteiger partial charge in [0.25, 0.3) is 0 Å². The van der Waals surface area contributed by atoms with Crippen LogP contribution in [0.25, 0.3) is 0 Å². The zero-order valence-corrected chi connectivity index (χ0v) is 8.25. The molecular weight excluding hydrogens is 164 g/mol. The highest BCUT2D eigenvalue weighted by Crippen LogP contribution is 2.31. The van der Waals surface area contributed by atoms with Crippen LogP contribution in [0.15, 0.2) is 0 Å². The van der Waals surface area contributed by atoms with Crippen molar-refractivity contribution in [2.45, 2.75) is 31.7 Å². The zero-order chi connectivity index (χ0) is 9.26. The number of carbonyl (C=O) groups excluding carboxylic acids is 1. The fourth-order valence-electron chi connectivity index (χ4n) is 2.15. The van der Waals surface area contributed by atoms with Crippen molar-refractivity contribution in [3.63, 3.8) is 0 Å². The van der Waals surface area contributed by atoms with Crippen molar-refractivity contribution in [3.05, 3.63) is 0 Å². The SMILES string of the molecule is CNCC1CCN(C2CC2)C(=O)C1. The summed E-state index contributed by atoms with van der Waals surface area (Å²) in [5, 5.41) is 3.15. The minimum absolute atomic E-state index is 0.383. The summed E-state index contributed by atoms with van der Waals surface area (Å²) < 4.78 is 0. The first kappa shape index (κ1) is 9.00. The molecule has 3 heteroatoms. The van der Waals surface area contributed by atoms with Gasteiger partial charge in [0.2, 0.25) is 5.91 Å². The molecule has 0 aromatic carbocycles. The summed E-state index contributed by atoms with van der Waals surface area (Å²) in [5.41, 5.74) is 0. The molecule has 1 amide bonds. The van der Waals surface area contributed by atoms with Gasteiger partial charge in [-0.3, -0.25) is 4.79 Å². The van der Waals surface area contributed by atoms with Crippen LogP contribution in [0, 0.1) is 5.92 Å². The molecule has 0 aromatic rings. The maximum Gasteiger partial charge on any atom is 0.223 e. The quantitative estimate of drug-likeness (QED) is 0.693. The second kappa shape index (κ2) is 3.66. The smallest absolute Gasteiger partial charge is 0.223 e. The molecule has 0 spiro atoms. The molecule has 1 saturated carbocycles. The second-order valence-electron chi connectivity index (χ2n) is 4.23. The molecule has 0 bridgehead atoms. The Morgan fingerprint density at radius 1 is 1.46 bits per heavy atom. The Morgan fingerprint density at radius 2 is 2.23 bits per heavy atom. The Kier molecular flexibility index (Phi) is 2.54. The first-order valence-corrected chi connectivity index (χ1v) is 5.25. The molecule has 74 valence electrons. The molecule has 1 unspecified atom stereocenters. The number of carbonyl (C=O) groups is 1. The molecule has 2 aliphatic rings. The molecule has 1 atom stereocenters. The van der Waals surface area contributed by atoms with Crippen molar-refractivity contribution in [2.24, 2.45) is 5.92 Å². The van der Waals surface area contributed by atoms with E-state index in [1.165, 1.54) is 19.3 Å². The average molecular weight is 182 g/mol. The minimum Gasteiger partial charge on any atom is -0.340 e. The number of piperidine rings is 1. The average Bonchev–Trinajstić information content (AvgIpc) is 2.88. The summed E-state index contributed by atoms with van der Waals surface area (Å²) in [7, 11) is 1.96. The van der Waals surface area contributed by atoms with E-state index in [1.807, 2.05) is 7.05 Å². The summed E-state index contributed by atoms with van der Waals surface area (Å²) in [6, 6.07) is 0.614. The number of rotatable bonds is 3. The normalized spacial score (nSPS) is 29.5. The molecule has 1 saturated heterocycles. The predicted molar refractivity (Wildman–Crippen MR) is 51.4 cm³/mol. The Labute approximate surface area is 79.5 Å². The first-order valence-electron chi connectivity index (χ1n) is 5.25. The van der Waals surface area contributed by atoms with Gasteiger partial charge in [-0.15, -0.1) is 0 Å². The zero-order valence-electron chi connectivity index (χ0n) is 8.25. The van der Waals surface area contributed by atoms with Crippen LogP contribution in [0.2, 0.25) is 0 Å².